The number of nitrogens with one attached hydrogen (secondary N) is 1. The molecule has 0 saturated heterocycles. The summed E-state index contributed by atoms with van der Waals surface area (Å²) >= 11 is 0. The van der Waals surface area contributed by atoms with Gasteiger partial charge in [0, 0.05) is 5.92 Å². The van der Waals surface area contributed by atoms with Gasteiger partial charge in [-0.3, -0.25) is 0 Å². The van der Waals surface area contributed by atoms with Crippen molar-refractivity contribution in [1.82, 2.24) is 10.3 Å². The van der Waals surface area contributed by atoms with Gasteiger partial charge in [0.2, 0.25) is 5.89 Å². The van der Waals surface area contributed by atoms with Crippen molar-refractivity contribution in [2.24, 2.45) is 0 Å². The highest BCUT2D eigenvalue weighted by Crippen LogP contribution is 2.40. The smallest absolute Gasteiger partial charge is 0.211 e. The van der Waals surface area contributed by atoms with Crippen LogP contribution in [0.4, 0.5) is 0 Å². The van der Waals surface area contributed by atoms with Crippen molar-refractivity contribution >= 4 is 0 Å². The Kier molecular flexibility index (Phi) is 2.87. The summed E-state index contributed by atoms with van der Waals surface area (Å²) in [4.78, 5) is 4.30. The molecule has 0 aromatic carbocycles. The third kappa shape index (κ3) is 2.15. The second-order valence-electron chi connectivity index (χ2n) is 4.05. The zero-order valence-electron chi connectivity index (χ0n) is 8.92. The Morgan fingerprint density at radius 1 is 1.64 bits per heavy atom. The van der Waals surface area contributed by atoms with Gasteiger partial charge in [-0.2, -0.15) is 0 Å². The number of aromatic nitrogens is 1. The van der Waals surface area contributed by atoms with E-state index in [-0.39, 0.29) is 6.04 Å². The molecule has 14 heavy (non-hydrogen) atoms. The van der Waals surface area contributed by atoms with Gasteiger partial charge in [0.1, 0.15) is 5.76 Å². The number of oxazole rings is 1. The van der Waals surface area contributed by atoms with Gasteiger partial charge in [0.15, 0.2) is 0 Å². The molecule has 2 rings (SSSR count). The normalized spacial score (nSPS) is 18.4. The van der Waals surface area contributed by atoms with Crippen molar-refractivity contribution in [1.29, 1.82) is 0 Å². The highest BCUT2D eigenvalue weighted by atomic mass is 16.4. The Morgan fingerprint density at radius 3 is 3.07 bits per heavy atom. The second kappa shape index (κ2) is 4.13. The maximum Gasteiger partial charge on any atom is 0.211 e. The Morgan fingerprint density at radius 2 is 2.43 bits per heavy atom. The average molecular weight is 194 g/mol. The fraction of sp³-hybridized carbons (Fsp3) is 0.727. The van der Waals surface area contributed by atoms with Crippen LogP contribution in [0.5, 0.6) is 0 Å². The Balaban J connectivity index is 1.93. The summed E-state index contributed by atoms with van der Waals surface area (Å²) in [5, 5.41) is 3.36. The summed E-state index contributed by atoms with van der Waals surface area (Å²) in [6, 6.07) is 0.238. The minimum atomic E-state index is 0.238. The molecule has 0 spiro atoms. The number of hydrogen-bond acceptors (Lipinski definition) is 3. The number of hydrogen-bond donors (Lipinski definition) is 1. The van der Waals surface area contributed by atoms with Gasteiger partial charge in [-0.1, -0.05) is 6.92 Å². The van der Waals surface area contributed by atoms with E-state index in [0.29, 0.717) is 5.92 Å². The molecular formula is C11H18N2O. The number of nitrogens with zero attached hydrogens (tertiary/aromatic N) is 1. The molecule has 1 aliphatic rings. The van der Waals surface area contributed by atoms with Gasteiger partial charge in [-0.25, -0.2) is 4.98 Å². The molecule has 1 N–H and O–H groups in total. The molecule has 1 atom stereocenters. The summed E-state index contributed by atoms with van der Waals surface area (Å²) in [6.07, 6.45) is 5.56. The van der Waals surface area contributed by atoms with Crippen molar-refractivity contribution in [2.45, 2.75) is 45.1 Å². The van der Waals surface area contributed by atoms with E-state index < -0.39 is 0 Å². The fourth-order valence-corrected chi connectivity index (χ4v) is 1.51. The molecule has 1 heterocycles. The van der Waals surface area contributed by atoms with E-state index in [0.717, 1.165) is 24.6 Å². The summed E-state index contributed by atoms with van der Waals surface area (Å²) in [5.41, 5.74) is 0. The highest BCUT2D eigenvalue weighted by molar-refractivity contribution is 5.09. The predicted molar refractivity (Wildman–Crippen MR) is 55.2 cm³/mol. The molecule has 3 nitrogen and oxygen atoms in total. The lowest BCUT2D eigenvalue weighted by molar-refractivity contribution is 0.395. The lowest BCUT2D eigenvalue weighted by atomic mass is 10.3. The van der Waals surface area contributed by atoms with E-state index in [4.69, 9.17) is 4.42 Å². The summed E-state index contributed by atoms with van der Waals surface area (Å²) < 4.78 is 5.69. The summed E-state index contributed by atoms with van der Waals surface area (Å²) in [5.74, 6) is 2.57. The third-order valence-electron chi connectivity index (χ3n) is 2.59. The van der Waals surface area contributed by atoms with Crippen molar-refractivity contribution in [3.05, 3.63) is 17.8 Å². The first kappa shape index (κ1) is 9.71. The van der Waals surface area contributed by atoms with Crippen molar-refractivity contribution in [2.75, 3.05) is 6.54 Å². The minimum Gasteiger partial charge on any atom is -0.444 e. The Hall–Kier alpha value is -0.830. The van der Waals surface area contributed by atoms with Gasteiger partial charge < -0.3 is 9.73 Å². The van der Waals surface area contributed by atoms with Gasteiger partial charge in [-0.15, -0.1) is 0 Å². The molecule has 1 aromatic heterocycles. The van der Waals surface area contributed by atoms with E-state index in [1.165, 1.54) is 12.8 Å². The zero-order valence-corrected chi connectivity index (χ0v) is 8.92. The third-order valence-corrected chi connectivity index (χ3v) is 2.59. The van der Waals surface area contributed by atoms with Crippen LogP contribution in [0.25, 0.3) is 0 Å². The van der Waals surface area contributed by atoms with Crippen LogP contribution in [0.2, 0.25) is 0 Å². The topological polar surface area (TPSA) is 38.1 Å². The van der Waals surface area contributed by atoms with E-state index in [9.17, 15) is 0 Å². The molecule has 1 saturated carbocycles. The molecule has 1 unspecified atom stereocenters. The van der Waals surface area contributed by atoms with Crippen LogP contribution in [0, 0.1) is 0 Å². The van der Waals surface area contributed by atoms with Crippen LogP contribution in [-0.4, -0.2) is 11.5 Å². The maximum atomic E-state index is 5.69. The average Bonchev–Trinajstić information content (AvgIpc) is 2.93. The first-order chi connectivity index (χ1) is 6.81. The first-order valence-electron chi connectivity index (χ1n) is 5.50. The quantitative estimate of drug-likeness (QED) is 0.783. The predicted octanol–water partition coefficient (Wildman–Crippen LogP) is 2.61. The lowest BCUT2D eigenvalue weighted by Crippen LogP contribution is -2.19. The standard InChI is InChI=1S/C11H18N2O/c1-3-6-12-8(2)11-13-7-10(14-11)9-4-5-9/h7-9,12H,3-6H2,1-2H3. The minimum absolute atomic E-state index is 0.238. The summed E-state index contributed by atoms with van der Waals surface area (Å²) in [7, 11) is 0. The van der Waals surface area contributed by atoms with Crippen LogP contribution in [0.15, 0.2) is 10.6 Å². The highest BCUT2D eigenvalue weighted by Gasteiger charge is 2.28. The molecule has 0 aliphatic heterocycles. The molecule has 0 radical (unpaired) electrons. The Bertz CT molecular complexity index is 291. The zero-order chi connectivity index (χ0) is 9.97. The maximum absolute atomic E-state index is 5.69. The van der Waals surface area contributed by atoms with E-state index >= 15 is 0 Å². The van der Waals surface area contributed by atoms with Crippen LogP contribution in [0.3, 0.4) is 0 Å². The number of rotatable bonds is 5. The van der Waals surface area contributed by atoms with Crippen molar-refractivity contribution in [3.63, 3.8) is 0 Å². The molecule has 0 amide bonds. The first-order valence-corrected chi connectivity index (χ1v) is 5.50. The van der Waals surface area contributed by atoms with Crippen LogP contribution >= 0.6 is 0 Å². The molecule has 1 fully saturated rings. The van der Waals surface area contributed by atoms with Gasteiger partial charge >= 0.3 is 0 Å². The monoisotopic (exact) mass is 194 g/mol. The van der Waals surface area contributed by atoms with E-state index in [1.807, 2.05) is 6.20 Å². The van der Waals surface area contributed by atoms with Crippen LogP contribution in [-0.2, 0) is 0 Å². The van der Waals surface area contributed by atoms with Gasteiger partial charge in [0.05, 0.1) is 12.2 Å². The van der Waals surface area contributed by atoms with E-state index in [1.54, 1.807) is 0 Å². The molecule has 3 heteroatoms. The molecule has 1 aromatic rings. The lowest BCUT2D eigenvalue weighted by Gasteiger charge is -2.08. The molecule has 78 valence electrons. The van der Waals surface area contributed by atoms with Crippen molar-refractivity contribution < 1.29 is 4.42 Å². The van der Waals surface area contributed by atoms with Crippen LogP contribution in [0.1, 0.15) is 56.7 Å². The second-order valence-corrected chi connectivity index (χ2v) is 4.05. The molecule has 0 bridgehead atoms. The van der Waals surface area contributed by atoms with Gasteiger partial charge in [-0.05, 0) is 32.7 Å². The largest absolute Gasteiger partial charge is 0.444 e. The molecule has 1 aliphatic carbocycles. The molecular weight excluding hydrogens is 176 g/mol. The Labute approximate surface area is 84.9 Å². The van der Waals surface area contributed by atoms with Crippen molar-refractivity contribution in [3.8, 4) is 0 Å². The van der Waals surface area contributed by atoms with Crippen LogP contribution < -0.4 is 5.32 Å². The summed E-state index contributed by atoms with van der Waals surface area (Å²) in [6.45, 7) is 5.27. The van der Waals surface area contributed by atoms with Gasteiger partial charge in [0.25, 0.3) is 0 Å². The SMILES string of the molecule is CCCNC(C)c1ncc(C2CC2)o1. The van der Waals surface area contributed by atoms with E-state index in [2.05, 4.69) is 24.1 Å². The fourth-order valence-electron chi connectivity index (χ4n) is 1.51.